The van der Waals surface area contributed by atoms with E-state index < -0.39 is 32.5 Å². The lowest BCUT2D eigenvalue weighted by Gasteiger charge is -2.18. The van der Waals surface area contributed by atoms with Crippen LogP contribution in [0.4, 0.5) is 0 Å². The first-order valence-corrected chi connectivity index (χ1v) is 20.2. The molecule has 0 amide bonds. The van der Waals surface area contributed by atoms with Gasteiger partial charge in [0.05, 0.1) is 6.61 Å². The van der Waals surface area contributed by atoms with E-state index in [2.05, 4.69) is 42.7 Å². The molecule has 0 saturated carbocycles. The molecule has 0 heterocycles. The van der Waals surface area contributed by atoms with Gasteiger partial charge in [-0.1, -0.05) is 154 Å². The zero-order valence-corrected chi connectivity index (χ0v) is 30.4. The number of unbranched alkanes of at least 4 members (excludes halogenated alkanes) is 20. The molecule has 1 atom stereocenters. The lowest BCUT2D eigenvalue weighted by Crippen LogP contribution is -2.29. The first kappa shape index (κ1) is 44.5. The molecule has 46 heavy (non-hydrogen) atoms. The number of carbonyl (C=O) groups excluding carboxylic acids is 2. The number of carbonyl (C=O) groups is 2. The van der Waals surface area contributed by atoms with Crippen LogP contribution in [-0.2, 0) is 28.2 Å². The second-order valence-corrected chi connectivity index (χ2v) is 13.8. The number of esters is 2. The van der Waals surface area contributed by atoms with Crippen molar-refractivity contribution in [3.63, 3.8) is 0 Å². The highest BCUT2D eigenvalue weighted by atomic mass is 31.2. The van der Waals surface area contributed by atoms with Crippen LogP contribution < -0.4 is 0 Å². The number of ether oxygens (including phenoxy) is 2. The average Bonchev–Trinajstić information content (AvgIpc) is 3.02. The molecule has 0 spiro atoms. The number of hydrogen-bond donors (Lipinski definition) is 2. The van der Waals surface area contributed by atoms with E-state index in [0.717, 1.165) is 64.2 Å². The van der Waals surface area contributed by atoms with Crippen LogP contribution in [0.25, 0.3) is 0 Å². The molecule has 9 heteroatoms. The molecule has 8 nitrogen and oxygen atoms in total. The van der Waals surface area contributed by atoms with Crippen LogP contribution in [0.15, 0.2) is 24.3 Å². The minimum Gasteiger partial charge on any atom is -0.462 e. The number of allylic oxidation sites excluding steroid dienone is 4. The van der Waals surface area contributed by atoms with Crippen LogP contribution in [0.2, 0.25) is 0 Å². The van der Waals surface area contributed by atoms with Gasteiger partial charge in [0.2, 0.25) is 0 Å². The number of hydrogen-bond acceptors (Lipinski definition) is 6. The van der Waals surface area contributed by atoms with Crippen molar-refractivity contribution >= 4 is 19.8 Å². The molecule has 0 saturated heterocycles. The highest BCUT2D eigenvalue weighted by Crippen LogP contribution is 2.36. The Labute approximate surface area is 281 Å². The van der Waals surface area contributed by atoms with Crippen LogP contribution >= 0.6 is 7.82 Å². The molecule has 0 aliphatic rings. The maximum Gasteiger partial charge on any atom is 0.469 e. The Hall–Kier alpha value is -1.47. The number of phosphoric ester groups is 1. The number of rotatable bonds is 34. The minimum absolute atomic E-state index is 0.198. The first-order valence-electron chi connectivity index (χ1n) is 18.6. The van der Waals surface area contributed by atoms with Crippen LogP contribution in [0.3, 0.4) is 0 Å². The van der Waals surface area contributed by atoms with E-state index in [0.29, 0.717) is 6.42 Å². The van der Waals surface area contributed by atoms with Gasteiger partial charge in [0.25, 0.3) is 0 Å². The van der Waals surface area contributed by atoms with E-state index in [9.17, 15) is 14.2 Å². The van der Waals surface area contributed by atoms with Crippen molar-refractivity contribution < 1.29 is 37.9 Å². The lowest BCUT2D eigenvalue weighted by molar-refractivity contribution is -0.161. The molecule has 0 aliphatic carbocycles. The van der Waals surface area contributed by atoms with Crippen LogP contribution in [0.5, 0.6) is 0 Å². The molecule has 270 valence electrons. The Morgan fingerprint density at radius 2 is 1.00 bits per heavy atom. The van der Waals surface area contributed by atoms with E-state index in [-0.39, 0.29) is 19.4 Å². The van der Waals surface area contributed by atoms with E-state index in [1.54, 1.807) is 0 Å². The quantitative estimate of drug-likeness (QED) is 0.0300. The van der Waals surface area contributed by atoms with E-state index in [1.807, 2.05) is 0 Å². The zero-order chi connectivity index (χ0) is 34.0. The van der Waals surface area contributed by atoms with Crippen molar-refractivity contribution in [1.82, 2.24) is 0 Å². The summed E-state index contributed by atoms with van der Waals surface area (Å²) in [6.45, 7) is 3.63. The van der Waals surface area contributed by atoms with Crippen molar-refractivity contribution in [2.24, 2.45) is 0 Å². The van der Waals surface area contributed by atoms with Gasteiger partial charge in [-0.25, -0.2) is 4.57 Å². The second kappa shape index (κ2) is 33.4. The molecular formula is C37H69O8P. The summed E-state index contributed by atoms with van der Waals surface area (Å²) in [5.41, 5.74) is 0. The molecule has 0 aliphatic heterocycles. The summed E-state index contributed by atoms with van der Waals surface area (Å²) in [6.07, 6.45) is 36.1. The molecule has 1 unspecified atom stereocenters. The van der Waals surface area contributed by atoms with Gasteiger partial charge >= 0.3 is 19.8 Å². The summed E-state index contributed by atoms with van der Waals surface area (Å²) in [6, 6.07) is 0. The zero-order valence-electron chi connectivity index (χ0n) is 29.5. The van der Waals surface area contributed by atoms with Gasteiger partial charge in [0.1, 0.15) is 6.61 Å². The SMILES string of the molecule is CCCC/C=C\C/C=C\CCCCCCCC(=O)OC(COC(=O)CCCCCCCCCCCCCCCC)COP(=O)(O)O. The minimum atomic E-state index is -4.75. The Morgan fingerprint density at radius 1 is 0.565 bits per heavy atom. The van der Waals surface area contributed by atoms with Gasteiger partial charge in [-0.2, -0.15) is 0 Å². The van der Waals surface area contributed by atoms with Crippen LogP contribution in [0.1, 0.15) is 181 Å². The fourth-order valence-electron chi connectivity index (χ4n) is 5.15. The van der Waals surface area contributed by atoms with E-state index in [1.165, 1.54) is 83.5 Å². The maximum absolute atomic E-state index is 12.3. The predicted molar refractivity (Wildman–Crippen MR) is 189 cm³/mol. The van der Waals surface area contributed by atoms with E-state index in [4.69, 9.17) is 19.3 Å². The summed E-state index contributed by atoms with van der Waals surface area (Å²) >= 11 is 0. The van der Waals surface area contributed by atoms with Gasteiger partial charge in [-0.15, -0.1) is 0 Å². The molecule has 0 rings (SSSR count). The Balaban J connectivity index is 3.98. The monoisotopic (exact) mass is 672 g/mol. The fraction of sp³-hybridized carbons (Fsp3) is 0.838. The predicted octanol–water partition coefficient (Wildman–Crippen LogP) is 10.8. The van der Waals surface area contributed by atoms with E-state index >= 15 is 0 Å². The highest BCUT2D eigenvalue weighted by molar-refractivity contribution is 7.46. The lowest BCUT2D eigenvalue weighted by atomic mass is 10.0. The summed E-state index contributed by atoms with van der Waals surface area (Å²) in [7, 11) is -4.75. The summed E-state index contributed by atoms with van der Waals surface area (Å²) in [5.74, 6) is -0.897. The van der Waals surface area contributed by atoms with Gasteiger partial charge in [0, 0.05) is 12.8 Å². The first-order chi connectivity index (χ1) is 22.3. The van der Waals surface area contributed by atoms with Crippen molar-refractivity contribution in [1.29, 1.82) is 0 Å². The maximum atomic E-state index is 12.3. The smallest absolute Gasteiger partial charge is 0.462 e. The fourth-order valence-corrected chi connectivity index (χ4v) is 5.51. The highest BCUT2D eigenvalue weighted by Gasteiger charge is 2.22. The molecule has 0 radical (unpaired) electrons. The molecule has 0 bridgehead atoms. The van der Waals surface area contributed by atoms with Gasteiger partial charge < -0.3 is 19.3 Å². The number of phosphoric acid groups is 1. The van der Waals surface area contributed by atoms with Crippen molar-refractivity contribution in [2.75, 3.05) is 13.2 Å². The molecule has 0 fully saturated rings. The van der Waals surface area contributed by atoms with Crippen LogP contribution in [0, 0.1) is 0 Å². The third-order valence-corrected chi connectivity index (χ3v) is 8.46. The third kappa shape index (κ3) is 35.4. The normalized spacial score (nSPS) is 12.7. The summed E-state index contributed by atoms with van der Waals surface area (Å²) < 4.78 is 26.3. The molecule has 2 N–H and O–H groups in total. The largest absolute Gasteiger partial charge is 0.469 e. The summed E-state index contributed by atoms with van der Waals surface area (Å²) in [4.78, 5) is 42.6. The Kier molecular flexibility index (Phi) is 32.4. The van der Waals surface area contributed by atoms with Crippen molar-refractivity contribution in [3.05, 3.63) is 24.3 Å². The Morgan fingerprint density at radius 3 is 1.50 bits per heavy atom. The molecule has 0 aromatic rings. The second-order valence-electron chi connectivity index (χ2n) is 12.6. The summed E-state index contributed by atoms with van der Waals surface area (Å²) in [5, 5.41) is 0. The van der Waals surface area contributed by atoms with Gasteiger partial charge in [0.15, 0.2) is 6.10 Å². The molecular weight excluding hydrogens is 603 g/mol. The van der Waals surface area contributed by atoms with Gasteiger partial charge in [-0.3, -0.25) is 14.1 Å². The Bertz CT molecular complexity index is 807. The van der Waals surface area contributed by atoms with Crippen molar-refractivity contribution in [3.8, 4) is 0 Å². The van der Waals surface area contributed by atoms with Gasteiger partial charge in [-0.05, 0) is 38.5 Å². The standard InChI is InChI=1S/C37H69O8P/c1-3-5-7-9-11-13-15-17-19-21-23-25-27-29-31-36(38)43-33-35(34-44-46(40,41)42)45-37(39)32-30-28-26-24-22-20-18-16-14-12-10-8-6-4-2/h10,12,16,18,35H,3-9,11,13-15,17,19-34H2,1-2H3,(H2,40,41,42)/b12-10-,18-16-. The van der Waals surface area contributed by atoms with Crippen LogP contribution in [-0.4, -0.2) is 41.0 Å². The molecule has 0 aromatic carbocycles. The molecule has 0 aromatic heterocycles. The topological polar surface area (TPSA) is 119 Å². The third-order valence-electron chi connectivity index (χ3n) is 7.97. The van der Waals surface area contributed by atoms with Crippen molar-refractivity contribution in [2.45, 2.75) is 187 Å². The average molecular weight is 673 g/mol.